The number of piperidine rings is 1. The zero-order chi connectivity index (χ0) is 28.2. The van der Waals surface area contributed by atoms with Gasteiger partial charge in [0.15, 0.2) is 10.7 Å². The van der Waals surface area contributed by atoms with E-state index >= 15 is 0 Å². The summed E-state index contributed by atoms with van der Waals surface area (Å²) in [6, 6.07) is 17.0. The minimum absolute atomic E-state index is 0.0458. The van der Waals surface area contributed by atoms with Gasteiger partial charge in [0, 0.05) is 47.5 Å². The molecule has 0 unspecified atom stereocenters. The van der Waals surface area contributed by atoms with Crippen LogP contribution in [0, 0.1) is 0 Å². The molecule has 2 aromatic carbocycles. The quantitative estimate of drug-likeness (QED) is 0.222. The Morgan fingerprint density at radius 1 is 1.10 bits per heavy atom. The lowest BCUT2D eigenvalue weighted by atomic mass is 10.0. The number of nitrogens with zero attached hydrogens (tertiary/aromatic N) is 5. The Morgan fingerprint density at radius 2 is 1.93 bits per heavy atom. The average molecular weight is 589 g/mol. The van der Waals surface area contributed by atoms with Crippen LogP contribution in [0.3, 0.4) is 0 Å². The van der Waals surface area contributed by atoms with E-state index in [1.165, 1.54) is 0 Å². The molecule has 0 amide bonds. The Kier molecular flexibility index (Phi) is 8.13. The Bertz CT molecular complexity index is 1650. The lowest BCUT2D eigenvalue weighted by molar-refractivity contribution is -0.122. The van der Waals surface area contributed by atoms with Crippen molar-refractivity contribution in [1.82, 2.24) is 24.3 Å². The van der Waals surface area contributed by atoms with Crippen molar-refractivity contribution >= 4 is 39.6 Å². The first-order chi connectivity index (χ1) is 20.1. The predicted octanol–water partition coefficient (Wildman–Crippen LogP) is 5.71. The Hall–Kier alpha value is -3.99. The average Bonchev–Trinajstić information content (AvgIpc) is 3.60. The minimum atomic E-state index is 0.0458. The number of carbonyl (C=O) groups excluding carboxylic acids is 1. The van der Waals surface area contributed by atoms with Gasteiger partial charge >= 0.3 is 0 Å². The van der Waals surface area contributed by atoms with Crippen LogP contribution in [-0.4, -0.2) is 69.4 Å². The summed E-state index contributed by atoms with van der Waals surface area (Å²) < 4.78 is 13.1. The monoisotopic (exact) mass is 588 g/mol. The molecule has 3 aromatic heterocycles. The summed E-state index contributed by atoms with van der Waals surface area (Å²) in [5.74, 6) is 2.04. The molecule has 41 heavy (non-hydrogen) atoms. The largest absolute Gasteiger partial charge is 0.497 e. The number of rotatable bonds is 10. The number of thiazole rings is 1. The van der Waals surface area contributed by atoms with Crippen LogP contribution in [0.5, 0.6) is 11.5 Å². The van der Waals surface area contributed by atoms with Gasteiger partial charge in [-0.1, -0.05) is 23.7 Å². The molecular weight excluding hydrogens is 560 g/mol. The summed E-state index contributed by atoms with van der Waals surface area (Å²) >= 11 is 7.48. The predicted molar refractivity (Wildman–Crippen MR) is 161 cm³/mol. The maximum absolute atomic E-state index is 12.5. The molecule has 1 aliphatic rings. The molecule has 1 aliphatic heterocycles. The molecule has 6 rings (SSSR count). The third-order valence-corrected chi connectivity index (χ3v) is 8.05. The zero-order valence-electron chi connectivity index (χ0n) is 22.5. The van der Waals surface area contributed by atoms with Crippen LogP contribution in [0.2, 0.25) is 5.02 Å². The van der Waals surface area contributed by atoms with Crippen LogP contribution in [0.4, 0.5) is 5.95 Å². The van der Waals surface area contributed by atoms with E-state index in [4.69, 9.17) is 31.0 Å². The highest BCUT2D eigenvalue weighted by Gasteiger charge is 2.23. The maximum atomic E-state index is 12.5. The van der Waals surface area contributed by atoms with Crippen LogP contribution in [0.1, 0.15) is 12.8 Å². The lowest BCUT2D eigenvalue weighted by Crippen LogP contribution is -2.42. The van der Waals surface area contributed by atoms with E-state index in [9.17, 15) is 4.79 Å². The molecule has 11 heteroatoms. The second kappa shape index (κ2) is 12.3. The van der Waals surface area contributed by atoms with Crippen LogP contribution < -0.4 is 14.8 Å². The number of methoxy groups -OCH3 is 1. The summed E-state index contributed by atoms with van der Waals surface area (Å²) in [6.07, 6.45) is 5.56. The second-order valence-electron chi connectivity index (χ2n) is 9.84. The maximum Gasteiger partial charge on any atom is 0.223 e. The van der Waals surface area contributed by atoms with Crippen molar-refractivity contribution in [3.8, 4) is 34.1 Å². The Labute approximate surface area is 246 Å². The number of ketones is 1. The SMILES string of the molecule is COc1cccc(-c2nc3sccn3c2-c2ccnc(NC3CCN(CC(=O)COc4ccc(Cl)cc4)CC3)n2)c1. The number of benzene rings is 2. The number of hydrogen-bond donors (Lipinski definition) is 1. The number of aromatic nitrogens is 4. The fourth-order valence-corrected chi connectivity index (χ4v) is 5.81. The smallest absolute Gasteiger partial charge is 0.223 e. The fraction of sp³-hybridized carbons (Fsp3) is 0.267. The summed E-state index contributed by atoms with van der Waals surface area (Å²) in [6.45, 7) is 2.03. The summed E-state index contributed by atoms with van der Waals surface area (Å²) in [5.41, 5.74) is 3.51. The lowest BCUT2D eigenvalue weighted by Gasteiger charge is -2.31. The Morgan fingerprint density at radius 3 is 2.73 bits per heavy atom. The first-order valence-corrected chi connectivity index (χ1v) is 14.6. The number of ether oxygens (including phenoxy) is 2. The molecule has 1 saturated heterocycles. The van der Waals surface area contributed by atoms with Gasteiger partial charge in [-0.3, -0.25) is 14.1 Å². The molecule has 0 atom stereocenters. The molecule has 0 saturated carbocycles. The van der Waals surface area contributed by atoms with Crippen LogP contribution in [-0.2, 0) is 4.79 Å². The van der Waals surface area contributed by atoms with E-state index in [-0.39, 0.29) is 18.4 Å². The zero-order valence-corrected chi connectivity index (χ0v) is 24.1. The number of imidazole rings is 1. The summed E-state index contributed by atoms with van der Waals surface area (Å²) in [5, 5.41) is 6.17. The van der Waals surface area contributed by atoms with Crippen molar-refractivity contribution in [1.29, 1.82) is 0 Å². The summed E-state index contributed by atoms with van der Waals surface area (Å²) in [4.78, 5) is 29.8. The highest BCUT2D eigenvalue weighted by atomic mass is 35.5. The Balaban J connectivity index is 1.09. The van der Waals surface area contributed by atoms with Crippen LogP contribution >= 0.6 is 22.9 Å². The van der Waals surface area contributed by atoms with Gasteiger partial charge in [0.25, 0.3) is 0 Å². The number of hydrogen-bond acceptors (Lipinski definition) is 9. The number of halogens is 1. The minimum Gasteiger partial charge on any atom is -0.497 e. The van der Waals surface area contributed by atoms with E-state index in [1.54, 1.807) is 48.9 Å². The normalized spacial score (nSPS) is 14.3. The van der Waals surface area contributed by atoms with Crippen molar-refractivity contribution in [2.24, 2.45) is 0 Å². The fourth-order valence-electron chi connectivity index (χ4n) is 4.97. The highest BCUT2D eigenvalue weighted by Crippen LogP contribution is 2.35. The van der Waals surface area contributed by atoms with E-state index in [0.29, 0.717) is 23.3 Å². The van der Waals surface area contributed by atoms with Gasteiger partial charge in [0.2, 0.25) is 5.95 Å². The van der Waals surface area contributed by atoms with Crippen molar-refractivity contribution in [2.45, 2.75) is 18.9 Å². The summed E-state index contributed by atoms with van der Waals surface area (Å²) in [7, 11) is 1.66. The van der Waals surface area contributed by atoms with Gasteiger partial charge in [0.1, 0.15) is 23.8 Å². The second-order valence-corrected chi connectivity index (χ2v) is 11.1. The molecule has 0 bridgehead atoms. The number of anilines is 1. The molecule has 9 nitrogen and oxygen atoms in total. The number of carbonyl (C=O) groups is 1. The van der Waals surface area contributed by atoms with E-state index in [0.717, 1.165) is 59.3 Å². The van der Waals surface area contributed by atoms with E-state index in [2.05, 4.69) is 19.6 Å². The standard InChI is InChI=1S/C30H29ClN6O3S/c1-39-25-4-2-3-20(17-25)27-28(37-15-16-41-30(37)35-27)26-9-12-32-29(34-26)33-22-10-13-36(14-11-22)18-23(38)19-40-24-7-5-21(31)6-8-24/h2-9,12,15-17,22H,10-11,13-14,18-19H2,1H3,(H,32,33,34). The first kappa shape index (κ1) is 27.2. The van der Waals surface area contributed by atoms with Crippen LogP contribution in [0.25, 0.3) is 27.6 Å². The topological polar surface area (TPSA) is 93.9 Å². The van der Waals surface area contributed by atoms with Gasteiger partial charge in [0.05, 0.1) is 25.0 Å². The first-order valence-electron chi connectivity index (χ1n) is 13.4. The molecule has 0 spiro atoms. The third kappa shape index (κ3) is 6.35. The van der Waals surface area contributed by atoms with Crippen molar-refractivity contribution < 1.29 is 14.3 Å². The van der Waals surface area contributed by atoms with Gasteiger partial charge in [-0.05, 0) is 55.3 Å². The highest BCUT2D eigenvalue weighted by molar-refractivity contribution is 7.15. The van der Waals surface area contributed by atoms with Gasteiger partial charge in [-0.25, -0.2) is 15.0 Å². The van der Waals surface area contributed by atoms with Crippen molar-refractivity contribution in [3.63, 3.8) is 0 Å². The molecule has 210 valence electrons. The molecule has 5 aromatic rings. The number of fused-ring (bicyclic) bond motifs is 1. The molecule has 0 aliphatic carbocycles. The molecule has 4 heterocycles. The van der Waals surface area contributed by atoms with Gasteiger partial charge in [-0.15, -0.1) is 11.3 Å². The van der Waals surface area contributed by atoms with Gasteiger partial charge in [-0.2, -0.15) is 0 Å². The van der Waals surface area contributed by atoms with E-state index in [1.807, 2.05) is 41.9 Å². The molecule has 0 radical (unpaired) electrons. The molecular formula is C30H29ClN6O3S. The van der Waals surface area contributed by atoms with E-state index < -0.39 is 0 Å². The van der Waals surface area contributed by atoms with Gasteiger partial charge < -0.3 is 14.8 Å². The third-order valence-electron chi connectivity index (χ3n) is 7.04. The van der Waals surface area contributed by atoms with Crippen molar-refractivity contribution in [3.05, 3.63) is 77.4 Å². The number of likely N-dealkylation sites (tertiary alicyclic amines) is 1. The van der Waals surface area contributed by atoms with Crippen molar-refractivity contribution in [2.75, 3.05) is 38.7 Å². The number of nitrogens with one attached hydrogen (secondary N) is 1. The number of Topliss-reactive ketones (excluding diaryl/α,β-unsaturated/α-hetero) is 1. The molecule has 1 fully saturated rings. The molecule has 1 N–H and O–H groups in total. The van der Waals surface area contributed by atoms with Crippen LogP contribution in [0.15, 0.2) is 72.4 Å².